The molecule has 1 aromatic rings. The minimum absolute atomic E-state index is 0.847. The van der Waals surface area contributed by atoms with Gasteiger partial charge in [-0.25, -0.2) is 0 Å². The lowest BCUT2D eigenvalue weighted by Crippen LogP contribution is -2.25. The Balaban J connectivity index is 1.27. The van der Waals surface area contributed by atoms with E-state index in [1.54, 1.807) is 44.1 Å². The van der Waals surface area contributed by atoms with Gasteiger partial charge < -0.3 is 0 Å². The SMILES string of the molecule is Cc1ccc(C2CCC(C3CCC(C4CC4)CC3)CC2)cc1. The van der Waals surface area contributed by atoms with Gasteiger partial charge in [0.1, 0.15) is 0 Å². The molecule has 0 amide bonds. The van der Waals surface area contributed by atoms with E-state index in [4.69, 9.17) is 0 Å². The fourth-order valence-electron chi connectivity index (χ4n) is 5.42. The van der Waals surface area contributed by atoms with E-state index in [1.807, 2.05) is 0 Å². The molecule has 120 valence electrons. The van der Waals surface area contributed by atoms with Crippen molar-refractivity contribution in [1.82, 2.24) is 0 Å². The van der Waals surface area contributed by atoms with Crippen LogP contribution in [0.1, 0.15) is 81.3 Å². The molecular weight excluding hydrogens is 264 g/mol. The van der Waals surface area contributed by atoms with E-state index >= 15 is 0 Å². The lowest BCUT2D eigenvalue weighted by atomic mass is 9.68. The zero-order valence-corrected chi connectivity index (χ0v) is 14.3. The highest BCUT2D eigenvalue weighted by Gasteiger charge is 2.36. The van der Waals surface area contributed by atoms with Crippen LogP contribution in [0, 0.1) is 30.6 Å². The van der Waals surface area contributed by atoms with Gasteiger partial charge in [-0.1, -0.05) is 29.8 Å². The summed E-state index contributed by atoms with van der Waals surface area (Å²) in [5.74, 6) is 5.26. The van der Waals surface area contributed by atoms with Crippen LogP contribution in [0.15, 0.2) is 24.3 Å². The van der Waals surface area contributed by atoms with Crippen molar-refractivity contribution in [2.24, 2.45) is 23.7 Å². The minimum atomic E-state index is 0.847. The third-order valence-corrected chi connectivity index (χ3v) is 7.09. The molecule has 0 bridgehead atoms. The molecule has 0 atom stereocenters. The number of hydrogen-bond acceptors (Lipinski definition) is 0. The molecule has 0 saturated heterocycles. The largest absolute Gasteiger partial charge is 0.0590 e. The van der Waals surface area contributed by atoms with E-state index in [0.29, 0.717) is 0 Å². The molecule has 0 heteroatoms. The van der Waals surface area contributed by atoms with E-state index in [9.17, 15) is 0 Å². The zero-order chi connectivity index (χ0) is 14.9. The first-order chi connectivity index (χ1) is 10.8. The van der Waals surface area contributed by atoms with Crippen molar-refractivity contribution in [2.45, 2.75) is 77.0 Å². The summed E-state index contributed by atoms with van der Waals surface area (Å²) in [6, 6.07) is 9.34. The molecule has 0 N–H and O–H groups in total. The molecule has 0 heterocycles. The predicted molar refractivity (Wildman–Crippen MR) is 94.1 cm³/mol. The fraction of sp³-hybridized carbons (Fsp3) is 0.727. The highest BCUT2D eigenvalue weighted by molar-refractivity contribution is 5.24. The molecule has 0 nitrogen and oxygen atoms in total. The van der Waals surface area contributed by atoms with Gasteiger partial charge in [0, 0.05) is 0 Å². The van der Waals surface area contributed by atoms with Gasteiger partial charge in [0.25, 0.3) is 0 Å². The summed E-state index contributed by atoms with van der Waals surface area (Å²) in [4.78, 5) is 0. The van der Waals surface area contributed by atoms with Gasteiger partial charge in [-0.05, 0) is 106 Å². The maximum atomic E-state index is 2.38. The lowest BCUT2D eigenvalue weighted by Gasteiger charge is -2.38. The standard InChI is InChI=1S/C22H32/c1-16-2-4-17(5-3-16)18-6-8-19(9-7-18)20-10-12-21(13-11-20)22-14-15-22/h2-5,18-22H,6-15H2,1H3. The number of hydrogen-bond donors (Lipinski definition) is 0. The monoisotopic (exact) mass is 296 g/mol. The Morgan fingerprint density at radius 2 is 0.909 bits per heavy atom. The lowest BCUT2D eigenvalue weighted by molar-refractivity contribution is 0.152. The van der Waals surface area contributed by atoms with Gasteiger partial charge in [-0.15, -0.1) is 0 Å². The second-order valence-corrected chi connectivity index (χ2v) is 8.53. The summed E-state index contributed by atoms with van der Waals surface area (Å²) in [7, 11) is 0. The van der Waals surface area contributed by atoms with E-state index in [2.05, 4.69) is 31.2 Å². The first-order valence-corrected chi connectivity index (χ1v) is 9.86. The molecule has 0 unspecified atom stereocenters. The summed E-state index contributed by atoms with van der Waals surface area (Å²) in [6.07, 6.45) is 15.2. The van der Waals surface area contributed by atoms with Crippen LogP contribution in [0.25, 0.3) is 0 Å². The van der Waals surface area contributed by atoms with Gasteiger partial charge in [0.15, 0.2) is 0 Å². The average Bonchev–Trinajstić information content (AvgIpc) is 3.41. The Hall–Kier alpha value is -0.780. The van der Waals surface area contributed by atoms with Crippen LogP contribution in [0.5, 0.6) is 0 Å². The molecule has 0 aliphatic heterocycles. The summed E-state index contributed by atoms with van der Waals surface area (Å²) >= 11 is 0. The van der Waals surface area contributed by atoms with Crippen molar-refractivity contribution in [3.05, 3.63) is 35.4 Å². The van der Waals surface area contributed by atoms with E-state index in [-0.39, 0.29) is 0 Å². The highest BCUT2D eigenvalue weighted by Crippen LogP contribution is 2.49. The summed E-state index contributed by atoms with van der Waals surface area (Å²) in [5.41, 5.74) is 2.99. The van der Waals surface area contributed by atoms with Gasteiger partial charge >= 0.3 is 0 Å². The van der Waals surface area contributed by atoms with Gasteiger partial charge in [-0.2, -0.15) is 0 Å². The van der Waals surface area contributed by atoms with Gasteiger partial charge in [0.2, 0.25) is 0 Å². The zero-order valence-electron chi connectivity index (χ0n) is 14.3. The summed E-state index contributed by atoms with van der Waals surface area (Å²) in [6.45, 7) is 2.19. The Morgan fingerprint density at radius 3 is 1.32 bits per heavy atom. The van der Waals surface area contributed by atoms with Crippen LogP contribution >= 0.6 is 0 Å². The molecule has 0 radical (unpaired) electrons. The molecule has 3 aliphatic rings. The van der Waals surface area contributed by atoms with E-state index < -0.39 is 0 Å². The van der Waals surface area contributed by atoms with Crippen molar-refractivity contribution in [2.75, 3.05) is 0 Å². The Bertz CT molecular complexity index is 465. The molecule has 22 heavy (non-hydrogen) atoms. The minimum Gasteiger partial charge on any atom is -0.0590 e. The smallest absolute Gasteiger partial charge is 0.0162 e. The topological polar surface area (TPSA) is 0 Å². The molecule has 4 rings (SSSR count). The molecule has 0 aromatic heterocycles. The molecular formula is C22H32. The van der Waals surface area contributed by atoms with Crippen molar-refractivity contribution in [1.29, 1.82) is 0 Å². The maximum Gasteiger partial charge on any atom is -0.0162 e. The fourth-order valence-corrected chi connectivity index (χ4v) is 5.42. The summed E-state index contributed by atoms with van der Waals surface area (Å²) in [5, 5.41) is 0. The molecule has 1 aromatic carbocycles. The Morgan fingerprint density at radius 1 is 0.545 bits per heavy atom. The molecule has 3 aliphatic carbocycles. The van der Waals surface area contributed by atoms with Crippen LogP contribution in [0.2, 0.25) is 0 Å². The second-order valence-electron chi connectivity index (χ2n) is 8.53. The van der Waals surface area contributed by atoms with Crippen molar-refractivity contribution in [3.63, 3.8) is 0 Å². The van der Waals surface area contributed by atoms with Gasteiger partial charge in [0.05, 0.1) is 0 Å². The van der Waals surface area contributed by atoms with Crippen LogP contribution in [-0.4, -0.2) is 0 Å². The average molecular weight is 296 g/mol. The van der Waals surface area contributed by atoms with Crippen molar-refractivity contribution >= 4 is 0 Å². The molecule has 3 saturated carbocycles. The van der Waals surface area contributed by atoms with Crippen LogP contribution < -0.4 is 0 Å². The predicted octanol–water partition coefficient (Wildman–Crippen LogP) is 6.49. The van der Waals surface area contributed by atoms with Crippen LogP contribution in [0.3, 0.4) is 0 Å². The second kappa shape index (κ2) is 6.38. The summed E-state index contributed by atoms with van der Waals surface area (Å²) < 4.78 is 0. The number of aryl methyl sites for hydroxylation is 1. The Kier molecular flexibility index (Phi) is 4.29. The molecule has 0 spiro atoms. The van der Waals surface area contributed by atoms with Crippen LogP contribution in [0.4, 0.5) is 0 Å². The van der Waals surface area contributed by atoms with Crippen molar-refractivity contribution < 1.29 is 0 Å². The van der Waals surface area contributed by atoms with Gasteiger partial charge in [-0.3, -0.25) is 0 Å². The third-order valence-electron chi connectivity index (χ3n) is 7.09. The number of rotatable bonds is 3. The van der Waals surface area contributed by atoms with E-state index in [0.717, 1.165) is 29.6 Å². The first kappa shape index (κ1) is 14.8. The normalized spacial score (nSPS) is 36.2. The third kappa shape index (κ3) is 3.26. The first-order valence-electron chi connectivity index (χ1n) is 9.86. The van der Waals surface area contributed by atoms with E-state index in [1.165, 1.54) is 31.2 Å². The highest BCUT2D eigenvalue weighted by atomic mass is 14.4. The number of benzene rings is 1. The van der Waals surface area contributed by atoms with Crippen LogP contribution in [-0.2, 0) is 0 Å². The Labute approximate surface area is 136 Å². The molecule has 3 fully saturated rings. The maximum absolute atomic E-state index is 2.38. The quantitative estimate of drug-likeness (QED) is 0.598. The van der Waals surface area contributed by atoms with Crippen molar-refractivity contribution in [3.8, 4) is 0 Å².